The average molecular weight is 408 g/mol. The van der Waals surface area contributed by atoms with Gasteiger partial charge in [0, 0.05) is 23.5 Å². The van der Waals surface area contributed by atoms with Crippen molar-refractivity contribution in [1.29, 1.82) is 0 Å². The second-order valence-electron chi connectivity index (χ2n) is 5.88. The largest absolute Gasteiger partial charge is 0.368 e. The van der Waals surface area contributed by atoms with E-state index in [1.165, 1.54) is 19.3 Å². The number of hydrogen-bond donors (Lipinski definition) is 1. The topological polar surface area (TPSA) is 41.1 Å². The SMILES string of the molecule is Clc1ccc2nc(C(Cl)(Cl)Cl)nc(NCCN3CCCCC3)c2c1. The Balaban J connectivity index is 1.82. The molecule has 130 valence electrons. The Labute approximate surface area is 161 Å². The van der Waals surface area contributed by atoms with E-state index in [2.05, 4.69) is 20.2 Å². The number of aromatic nitrogens is 2. The number of anilines is 1. The summed E-state index contributed by atoms with van der Waals surface area (Å²) in [6.07, 6.45) is 3.86. The van der Waals surface area contributed by atoms with Gasteiger partial charge >= 0.3 is 0 Å². The fourth-order valence-electron chi connectivity index (χ4n) is 2.88. The second-order valence-corrected chi connectivity index (χ2v) is 8.60. The molecule has 8 heteroatoms. The summed E-state index contributed by atoms with van der Waals surface area (Å²) >= 11 is 24.0. The summed E-state index contributed by atoms with van der Waals surface area (Å²) in [5.41, 5.74) is 0.691. The zero-order valence-corrected chi connectivity index (χ0v) is 16.1. The Morgan fingerprint density at radius 2 is 1.83 bits per heavy atom. The van der Waals surface area contributed by atoms with Crippen LogP contribution < -0.4 is 5.32 Å². The first-order valence-corrected chi connectivity index (χ1v) is 9.45. The highest BCUT2D eigenvalue weighted by Crippen LogP contribution is 2.38. The lowest BCUT2D eigenvalue weighted by Gasteiger charge is -2.26. The predicted molar refractivity (Wildman–Crippen MR) is 103 cm³/mol. The van der Waals surface area contributed by atoms with E-state index in [1.807, 2.05) is 6.07 Å². The van der Waals surface area contributed by atoms with E-state index in [0.29, 0.717) is 16.4 Å². The molecule has 0 radical (unpaired) electrons. The van der Waals surface area contributed by atoms with Crippen LogP contribution in [0, 0.1) is 0 Å². The van der Waals surface area contributed by atoms with E-state index < -0.39 is 3.79 Å². The monoisotopic (exact) mass is 406 g/mol. The lowest BCUT2D eigenvalue weighted by atomic mass is 10.1. The Bertz CT molecular complexity index is 711. The fraction of sp³-hybridized carbons (Fsp3) is 0.500. The quantitative estimate of drug-likeness (QED) is 0.723. The van der Waals surface area contributed by atoms with Gasteiger partial charge in [-0.3, -0.25) is 0 Å². The van der Waals surface area contributed by atoms with E-state index >= 15 is 0 Å². The number of fused-ring (bicyclic) bond motifs is 1. The molecule has 0 amide bonds. The number of nitrogens with one attached hydrogen (secondary N) is 1. The number of benzene rings is 1. The summed E-state index contributed by atoms with van der Waals surface area (Å²) < 4.78 is -1.67. The zero-order valence-electron chi connectivity index (χ0n) is 13.0. The van der Waals surface area contributed by atoms with Crippen LogP contribution in [0.4, 0.5) is 5.82 Å². The van der Waals surface area contributed by atoms with Gasteiger partial charge in [0.15, 0.2) is 5.82 Å². The van der Waals surface area contributed by atoms with Crippen LogP contribution in [0.3, 0.4) is 0 Å². The van der Waals surface area contributed by atoms with Crippen molar-refractivity contribution in [3.8, 4) is 0 Å². The number of nitrogens with zero attached hydrogens (tertiary/aromatic N) is 3. The zero-order chi connectivity index (χ0) is 17.2. The number of halogens is 4. The van der Waals surface area contributed by atoms with Crippen LogP contribution in [0.5, 0.6) is 0 Å². The van der Waals surface area contributed by atoms with Gasteiger partial charge in [-0.05, 0) is 44.1 Å². The summed E-state index contributed by atoms with van der Waals surface area (Å²) in [4.78, 5) is 11.2. The molecule has 1 aromatic carbocycles. The highest BCUT2D eigenvalue weighted by atomic mass is 35.6. The Hall–Kier alpha value is -0.520. The molecule has 2 aromatic rings. The van der Waals surface area contributed by atoms with Crippen molar-refractivity contribution in [3.05, 3.63) is 29.0 Å². The number of likely N-dealkylation sites (tertiary alicyclic amines) is 1. The van der Waals surface area contributed by atoms with Crippen LogP contribution in [-0.4, -0.2) is 41.0 Å². The van der Waals surface area contributed by atoms with Crippen LogP contribution >= 0.6 is 46.4 Å². The third-order valence-corrected chi connectivity index (χ3v) is 4.82. The van der Waals surface area contributed by atoms with E-state index in [-0.39, 0.29) is 5.82 Å². The number of rotatable bonds is 4. The van der Waals surface area contributed by atoms with E-state index in [1.54, 1.807) is 12.1 Å². The second kappa shape index (κ2) is 7.79. The van der Waals surface area contributed by atoms with Gasteiger partial charge in [0.25, 0.3) is 0 Å². The number of hydrogen-bond acceptors (Lipinski definition) is 4. The molecule has 1 saturated heterocycles. The van der Waals surface area contributed by atoms with E-state index in [9.17, 15) is 0 Å². The predicted octanol–water partition coefficient (Wildman–Crippen LogP) is 5.01. The van der Waals surface area contributed by atoms with Gasteiger partial charge in [0.1, 0.15) is 5.82 Å². The van der Waals surface area contributed by atoms with E-state index in [4.69, 9.17) is 46.4 Å². The molecule has 1 aliphatic rings. The number of alkyl halides is 3. The third-order valence-electron chi connectivity index (χ3n) is 4.08. The van der Waals surface area contributed by atoms with Gasteiger partial charge in [-0.25, -0.2) is 9.97 Å². The van der Waals surface area contributed by atoms with Crippen molar-refractivity contribution < 1.29 is 0 Å². The van der Waals surface area contributed by atoms with Crippen molar-refractivity contribution in [2.45, 2.75) is 23.1 Å². The Morgan fingerprint density at radius 1 is 1.08 bits per heavy atom. The molecular formula is C16H18Cl4N4. The first kappa shape index (κ1) is 18.3. The highest BCUT2D eigenvalue weighted by Gasteiger charge is 2.28. The van der Waals surface area contributed by atoms with Gasteiger partial charge in [-0.15, -0.1) is 0 Å². The molecule has 4 nitrogen and oxygen atoms in total. The van der Waals surface area contributed by atoms with Gasteiger partial charge in [0.2, 0.25) is 3.79 Å². The minimum absolute atomic E-state index is 0.155. The molecule has 0 saturated carbocycles. The lowest BCUT2D eigenvalue weighted by molar-refractivity contribution is 0.237. The van der Waals surface area contributed by atoms with Crippen molar-refractivity contribution >= 4 is 63.1 Å². The maximum absolute atomic E-state index is 6.11. The molecule has 1 aromatic heterocycles. The summed E-state index contributed by atoms with van der Waals surface area (Å²) in [5, 5.41) is 4.78. The fourth-order valence-corrected chi connectivity index (χ4v) is 3.30. The van der Waals surface area contributed by atoms with Crippen molar-refractivity contribution in [3.63, 3.8) is 0 Å². The molecule has 2 heterocycles. The van der Waals surface area contributed by atoms with Gasteiger partial charge < -0.3 is 10.2 Å². The highest BCUT2D eigenvalue weighted by molar-refractivity contribution is 6.66. The molecule has 0 spiro atoms. The Morgan fingerprint density at radius 3 is 2.54 bits per heavy atom. The van der Waals surface area contributed by atoms with Crippen LogP contribution in [0.2, 0.25) is 5.02 Å². The van der Waals surface area contributed by atoms with Crippen molar-refractivity contribution in [2.75, 3.05) is 31.5 Å². The molecule has 1 aliphatic heterocycles. The molecule has 1 N–H and O–H groups in total. The molecule has 1 fully saturated rings. The maximum atomic E-state index is 6.11. The molecule has 0 aliphatic carbocycles. The van der Waals surface area contributed by atoms with Crippen LogP contribution in [-0.2, 0) is 3.79 Å². The minimum atomic E-state index is -1.67. The first-order chi connectivity index (χ1) is 11.4. The molecule has 0 unspecified atom stereocenters. The van der Waals surface area contributed by atoms with Crippen LogP contribution in [0.15, 0.2) is 18.2 Å². The van der Waals surface area contributed by atoms with Crippen LogP contribution in [0.25, 0.3) is 10.9 Å². The normalized spacial score (nSPS) is 16.5. The molecule has 24 heavy (non-hydrogen) atoms. The van der Waals surface area contributed by atoms with Crippen LogP contribution in [0.1, 0.15) is 25.1 Å². The van der Waals surface area contributed by atoms with E-state index in [0.717, 1.165) is 31.6 Å². The van der Waals surface area contributed by atoms with Gasteiger partial charge in [-0.2, -0.15) is 0 Å². The Kier molecular flexibility index (Phi) is 5.94. The minimum Gasteiger partial charge on any atom is -0.368 e. The molecule has 3 rings (SSSR count). The molecule has 0 atom stereocenters. The number of piperidine rings is 1. The lowest BCUT2D eigenvalue weighted by Crippen LogP contribution is -2.33. The molecule has 0 bridgehead atoms. The summed E-state index contributed by atoms with van der Waals surface area (Å²) in [7, 11) is 0. The van der Waals surface area contributed by atoms with Gasteiger partial charge in [0.05, 0.1) is 5.52 Å². The third kappa shape index (κ3) is 4.55. The van der Waals surface area contributed by atoms with Gasteiger partial charge in [-0.1, -0.05) is 52.8 Å². The average Bonchev–Trinajstić information content (AvgIpc) is 2.55. The van der Waals surface area contributed by atoms with Crippen molar-refractivity contribution in [2.24, 2.45) is 0 Å². The summed E-state index contributed by atoms with van der Waals surface area (Å²) in [6.45, 7) is 4.02. The maximum Gasteiger partial charge on any atom is 0.250 e. The van der Waals surface area contributed by atoms with Crippen molar-refractivity contribution in [1.82, 2.24) is 14.9 Å². The first-order valence-electron chi connectivity index (χ1n) is 7.94. The molecular weight excluding hydrogens is 390 g/mol. The summed E-state index contributed by atoms with van der Waals surface area (Å²) in [5.74, 6) is 0.795. The standard InChI is InChI=1S/C16H18Cl4N4/c17-11-4-5-13-12(10-11)14(23-15(22-13)16(18,19)20)21-6-9-24-7-2-1-3-8-24/h4-5,10H,1-3,6-9H2,(H,21,22,23). The summed E-state index contributed by atoms with van der Waals surface area (Å²) in [6, 6.07) is 5.38. The smallest absolute Gasteiger partial charge is 0.250 e.